The van der Waals surface area contributed by atoms with Crippen molar-refractivity contribution in [1.82, 2.24) is 9.97 Å². The number of fused-ring (bicyclic) bond motifs is 1. The Bertz CT molecular complexity index is 735. The Hall–Kier alpha value is -3.03. The number of amides is 1. The van der Waals surface area contributed by atoms with Gasteiger partial charge in [-0.05, 0) is 12.1 Å². The van der Waals surface area contributed by atoms with Crippen molar-refractivity contribution in [1.29, 1.82) is 0 Å². The first kappa shape index (κ1) is 14.9. The normalized spacial score (nSPS) is 12.4. The van der Waals surface area contributed by atoms with Crippen molar-refractivity contribution in [3.63, 3.8) is 0 Å². The highest BCUT2D eigenvalue weighted by molar-refractivity contribution is 6.07. The molecule has 8 nitrogen and oxygen atoms in total. The van der Waals surface area contributed by atoms with E-state index in [1.165, 1.54) is 20.4 Å². The Morgan fingerprint density at radius 2 is 2.04 bits per heavy atom. The molecule has 0 saturated carbocycles. The van der Waals surface area contributed by atoms with Crippen molar-refractivity contribution in [2.75, 3.05) is 32.8 Å². The van der Waals surface area contributed by atoms with E-state index in [2.05, 4.69) is 15.3 Å². The number of aromatic nitrogens is 2. The first-order chi connectivity index (χ1) is 11.2. The number of carbonyl (C=O) groups excluding carboxylic acids is 1. The molecule has 3 rings (SSSR count). The fraction of sp³-hybridized carbons (Fsp3) is 0.267. The molecule has 0 aliphatic carbocycles. The summed E-state index contributed by atoms with van der Waals surface area (Å²) in [6.45, 7) is 0.852. The van der Waals surface area contributed by atoms with E-state index in [4.69, 9.17) is 18.9 Å². The number of benzene rings is 1. The zero-order valence-electron chi connectivity index (χ0n) is 12.7. The fourth-order valence-electron chi connectivity index (χ4n) is 2.13. The van der Waals surface area contributed by atoms with E-state index < -0.39 is 0 Å². The number of para-hydroxylation sites is 1. The summed E-state index contributed by atoms with van der Waals surface area (Å²) in [6.07, 6.45) is 1.41. The minimum absolute atomic E-state index is 0.147. The lowest BCUT2D eigenvalue weighted by Crippen LogP contribution is -2.20. The number of rotatable bonds is 4. The maximum Gasteiger partial charge on any atom is 0.319 e. The van der Waals surface area contributed by atoms with E-state index in [-0.39, 0.29) is 17.8 Å². The van der Waals surface area contributed by atoms with Crippen LogP contribution in [-0.2, 0) is 0 Å². The lowest BCUT2D eigenvalue weighted by atomic mass is 10.1. The number of nitrogens with one attached hydrogen (secondary N) is 1. The first-order valence-electron chi connectivity index (χ1n) is 6.88. The highest BCUT2D eigenvalue weighted by Gasteiger charge is 2.21. The van der Waals surface area contributed by atoms with Gasteiger partial charge in [-0.15, -0.1) is 0 Å². The molecule has 0 fully saturated rings. The molecule has 1 aliphatic rings. The highest BCUT2D eigenvalue weighted by Crippen LogP contribution is 2.34. The van der Waals surface area contributed by atoms with Gasteiger partial charge in [0.15, 0.2) is 11.5 Å². The first-order valence-corrected chi connectivity index (χ1v) is 6.88. The summed E-state index contributed by atoms with van der Waals surface area (Å²) in [4.78, 5) is 20.5. The summed E-state index contributed by atoms with van der Waals surface area (Å²) in [6, 6.07) is 5.28. The summed E-state index contributed by atoms with van der Waals surface area (Å²) in [5.41, 5.74) is 0.688. The van der Waals surface area contributed by atoms with Crippen molar-refractivity contribution in [2.24, 2.45) is 0 Å². The number of methoxy groups -OCH3 is 2. The Kier molecular flexibility index (Phi) is 4.13. The molecule has 8 heteroatoms. The van der Waals surface area contributed by atoms with Crippen LogP contribution in [0.3, 0.4) is 0 Å². The number of hydrogen-bond donors (Lipinski definition) is 1. The van der Waals surface area contributed by atoms with Crippen LogP contribution in [0, 0.1) is 0 Å². The molecule has 1 N–H and O–H groups in total. The van der Waals surface area contributed by atoms with Gasteiger partial charge in [-0.25, -0.2) is 4.98 Å². The molecule has 1 aliphatic heterocycles. The molecule has 0 radical (unpaired) electrons. The highest BCUT2D eigenvalue weighted by atomic mass is 16.6. The average Bonchev–Trinajstić information content (AvgIpc) is 2.61. The van der Waals surface area contributed by atoms with E-state index in [1.54, 1.807) is 18.2 Å². The quantitative estimate of drug-likeness (QED) is 0.914. The van der Waals surface area contributed by atoms with Crippen molar-refractivity contribution >= 4 is 11.6 Å². The zero-order chi connectivity index (χ0) is 16.2. The number of hydrogen-bond acceptors (Lipinski definition) is 7. The van der Waals surface area contributed by atoms with Crippen LogP contribution < -0.4 is 24.3 Å². The summed E-state index contributed by atoms with van der Waals surface area (Å²) in [5.74, 6) is 0.790. The maximum atomic E-state index is 12.5. The number of ether oxygens (including phenoxy) is 4. The molecule has 1 amide bonds. The molecule has 0 atom stereocenters. The Morgan fingerprint density at radius 3 is 2.83 bits per heavy atom. The topological polar surface area (TPSA) is 91.8 Å². The molecule has 0 spiro atoms. The molecule has 23 heavy (non-hydrogen) atoms. The molecular weight excluding hydrogens is 302 g/mol. The van der Waals surface area contributed by atoms with E-state index >= 15 is 0 Å². The molecular formula is C15H15N3O5. The van der Waals surface area contributed by atoms with E-state index in [9.17, 15) is 4.79 Å². The summed E-state index contributed by atoms with van der Waals surface area (Å²) in [7, 11) is 2.89. The number of nitrogens with zero attached hydrogens (tertiary/aromatic N) is 2. The molecule has 1 aromatic carbocycles. The molecule has 0 saturated heterocycles. The van der Waals surface area contributed by atoms with Crippen LogP contribution in [0.2, 0.25) is 0 Å². The SMILES string of the molecule is COc1ncc(NC(=O)c2cccc3c2OCCO3)c(OC)n1. The smallest absolute Gasteiger partial charge is 0.319 e. The third-order valence-electron chi connectivity index (χ3n) is 3.17. The van der Waals surface area contributed by atoms with Gasteiger partial charge in [0, 0.05) is 0 Å². The van der Waals surface area contributed by atoms with Crippen molar-refractivity contribution in [3.05, 3.63) is 30.0 Å². The summed E-state index contributed by atoms with van der Waals surface area (Å²) in [5, 5.41) is 2.70. The van der Waals surface area contributed by atoms with Crippen LogP contribution >= 0.6 is 0 Å². The molecule has 1 aromatic heterocycles. The average molecular weight is 317 g/mol. The van der Waals surface area contributed by atoms with E-state index in [1.807, 2.05) is 0 Å². The molecule has 0 unspecified atom stereocenters. The van der Waals surface area contributed by atoms with Gasteiger partial charge in [0.2, 0.25) is 5.88 Å². The second kappa shape index (κ2) is 6.39. The Balaban J connectivity index is 1.88. The fourth-order valence-corrected chi connectivity index (χ4v) is 2.13. The van der Waals surface area contributed by atoms with Crippen LogP contribution in [0.1, 0.15) is 10.4 Å². The van der Waals surface area contributed by atoms with Gasteiger partial charge >= 0.3 is 6.01 Å². The van der Waals surface area contributed by atoms with Crippen LogP contribution in [0.25, 0.3) is 0 Å². The second-order valence-corrected chi connectivity index (χ2v) is 4.56. The number of anilines is 1. The van der Waals surface area contributed by atoms with Gasteiger partial charge < -0.3 is 24.3 Å². The van der Waals surface area contributed by atoms with Crippen LogP contribution in [0.5, 0.6) is 23.4 Å². The lowest BCUT2D eigenvalue weighted by molar-refractivity contribution is 0.101. The monoisotopic (exact) mass is 317 g/mol. The largest absolute Gasteiger partial charge is 0.486 e. The van der Waals surface area contributed by atoms with Crippen molar-refractivity contribution < 1.29 is 23.7 Å². The minimum Gasteiger partial charge on any atom is -0.486 e. The number of carbonyl (C=O) groups is 1. The van der Waals surface area contributed by atoms with Gasteiger partial charge in [-0.2, -0.15) is 4.98 Å². The standard InChI is InChI=1S/C15H15N3O5/c1-20-14-10(8-16-15(18-14)21-2)17-13(19)9-4-3-5-11-12(9)23-7-6-22-11/h3-5,8H,6-7H2,1-2H3,(H,17,19). The third-order valence-corrected chi connectivity index (χ3v) is 3.17. The van der Waals surface area contributed by atoms with Crippen LogP contribution in [0.4, 0.5) is 5.69 Å². The van der Waals surface area contributed by atoms with Gasteiger partial charge in [-0.1, -0.05) is 6.07 Å². The zero-order valence-corrected chi connectivity index (χ0v) is 12.7. The van der Waals surface area contributed by atoms with Crippen molar-refractivity contribution in [3.8, 4) is 23.4 Å². The van der Waals surface area contributed by atoms with Crippen LogP contribution in [0.15, 0.2) is 24.4 Å². The summed E-state index contributed by atoms with van der Waals surface area (Å²) < 4.78 is 21.1. The minimum atomic E-state index is -0.376. The van der Waals surface area contributed by atoms with Gasteiger partial charge in [0.05, 0.1) is 26.0 Å². The predicted octanol–water partition coefficient (Wildman–Crippen LogP) is 1.52. The summed E-state index contributed by atoms with van der Waals surface area (Å²) >= 11 is 0. The molecule has 120 valence electrons. The Morgan fingerprint density at radius 1 is 1.22 bits per heavy atom. The Labute approximate surface area is 132 Å². The third kappa shape index (κ3) is 2.96. The maximum absolute atomic E-state index is 12.5. The van der Waals surface area contributed by atoms with Gasteiger partial charge in [-0.3, -0.25) is 4.79 Å². The van der Waals surface area contributed by atoms with E-state index in [0.717, 1.165) is 0 Å². The van der Waals surface area contributed by atoms with E-state index in [0.29, 0.717) is 36.0 Å². The lowest BCUT2D eigenvalue weighted by Gasteiger charge is -2.20. The van der Waals surface area contributed by atoms with Gasteiger partial charge in [0.25, 0.3) is 5.91 Å². The van der Waals surface area contributed by atoms with Crippen LogP contribution in [-0.4, -0.2) is 43.3 Å². The predicted molar refractivity (Wildman–Crippen MR) is 80.5 cm³/mol. The molecule has 0 bridgehead atoms. The van der Waals surface area contributed by atoms with Gasteiger partial charge in [0.1, 0.15) is 18.9 Å². The second-order valence-electron chi connectivity index (χ2n) is 4.56. The molecule has 2 heterocycles. The van der Waals surface area contributed by atoms with Crippen molar-refractivity contribution in [2.45, 2.75) is 0 Å². The molecule has 2 aromatic rings.